The third kappa shape index (κ3) is 5.98. The lowest BCUT2D eigenvalue weighted by Crippen LogP contribution is -2.32. The van der Waals surface area contributed by atoms with E-state index in [0.717, 1.165) is 32.1 Å². The highest BCUT2D eigenvalue weighted by atomic mass is 32.2. The van der Waals surface area contributed by atoms with Crippen LogP contribution in [0.5, 0.6) is 11.5 Å². The number of hydrogen-bond acceptors (Lipinski definition) is 5. The van der Waals surface area contributed by atoms with Crippen LogP contribution in [-0.4, -0.2) is 45.4 Å². The Morgan fingerprint density at radius 1 is 1.03 bits per heavy atom. The minimum Gasteiger partial charge on any atom is -0.495 e. The number of carbonyl (C=O) groups excluding carboxylic acids is 1. The molecular formula is C23H30N2O5S. The first kappa shape index (κ1) is 23.1. The number of nitrogens with one attached hydrogen (secondary N) is 1. The average Bonchev–Trinajstić information content (AvgIpc) is 3.08. The second-order valence-electron chi connectivity index (χ2n) is 7.51. The predicted molar refractivity (Wildman–Crippen MR) is 120 cm³/mol. The van der Waals surface area contributed by atoms with Crippen LogP contribution in [-0.2, 0) is 21.2 Å². The predicted octanol–water partition coefficient (Wildman–Crippen LogP) is 3.84. The number of carbonyl (C=O) groups is 1. The molecule has 1 saturated heterocycles. The maximum Gasteiger partial charge on any atom is 0.262 e. The van der Waals surface area contributed by atoms with Gasteiger partial charge in [0.05, 0.1) is 17.7 Å². The summed E-state index contributed by atoms with van der Waals surface area (Å²) < 4.78 is 38.5. The number of sulfonamides is 1. The first-order valence-corrected chi connectivity index (χ1v) is 12.1. The van der Waals surface area contributed by atoms with Gasteiger partial charge in [0.2, 0.25) is 10.0 Å². The molecule has 1 fully saturated rings. The molecule has 1 amide bonds. The minimum atomic E-state index is -3.64. The topological polar surface area (TPSA) is 84.9 Å². The van der Waals surface area contributed by atoms with E-state index in [1.54, 1.807) is 6.07 Å². The highest BCUT2D eigenvalue weighted by molar-refractivity contribution is 7.89. The van der Waals surface area contributed by atoms with Crippen LogP contribution in [0.2, 0.25) is 0 Å². The summed E-state index contributed by atoms with van der Waals surface area (Å²) in [5.41, 5.74) is 1.48. The van der Waals surface area contributed by atoms with Crippen molar-refractivity contribution in [3.63, 3.8) is 0 Å². The first-order chi connectivity index (χ1) is 14.9. The van der Waals surface area contributed by atoms with Crippen molar-refractivity contribution in [1.29, 1.82) is 0 Å². The fourth-order valence-electron chi connectivity index (χ4n) is 3.53. The summed E-state index contributed by atoms with van der Waals surface area (Å²) in [6.45, 7) is 2.90. The molecular weight excluding hydrogens is 416 g/mol. The smallest absolute Gasteiger partial charge is 0.262 e. The molecule has 3 rings (SSSR count). The van der Waals surface area contributed by atoms with Crippen molar-refractivity contribution in [2.45, 2.75) is 43.9 Å². The molecule has 1 N–H and O–H groups in total. The van der Waals surface area contributed by atoms with Crippen molar-refractivity contribution in [1.82, 2.24) is 4.31 Å². The van der Waals surface area contributed by atoms with Crippen LogP contribution >= 0.6 is 0 Å². The van der Waals surface area contributed by atoms with Crippen LogP contribution in [0.15, 0.2) is 47.4 Å². The van der Waals surface area contributed by atoms with Crippen LogP contribution < -0.4 is 14.8 Å². The van der Waals surface area contributed by atoms with Crippen molar-refractivity contribution < 1.29 is 22.7 Å². The molecule has 8 heteroatoms. The molecule has 7 nitrogen and oxygen atoms in total. The monoisotopic (exact) mass is 446 g/mol. The van der Waals surface area contributed by atoms with Crippen LogP contribution in [0, 0.1) is 0 Å². The number of benzene rings is 2. The lowest BCUT2D eigenvalue weighted by Gasteiger charge is -2.21. The minimum absolute atomic E-state index is 0.140. The Bertz CT molecular complexity index is 982. The van der Waals surface area contributed by atoms with Gasteiger partial charge < -0.3 is 14.8 Å². The molecule has 0 spiro atoms. The van der Waals surface area contributed by atoms with Gasteiger partial charge in [-0.2, -0.15) is 4.31 Å². The number of nitrogens with zero attached hydrogens (tertiary/aromatic N) is 1. The average molecular weight is 447 g/mol. The molecule has 0 radical (unpaired) electrons. The van der Waals surface area contributed by atoms with Gasteiger partial charge in [-0.1, -0.05) is 31.9 Å². The third-order valence-corrected chi connectivity index (χ3v) is 7.24. The molecule has 0 atom stereocenters. The molecule has 1 aliphatic rings. The fraction of sp³-hybridized carbons (Fsp3) is 0.435. The van der Waals surface area contributed by atoms with Crippen LogP contribution in [0.1, 0.15) is 38.2 Å². The molecule has 2 aromatic rings. The van der Waals surface area contributed by atoms with Crippen molar-refractivity contribution in [3.05, 3.63) is 48.0 Å². The van der Waals surface area contributed by atoms with Gasteiger partial charge in [0.15, 0.2) is 6.61 Å². The van der Waals surface area contributed by atoms with Crippen molar-refractivity contribution in [2.75, 3.05) is 32.1 Å². The van der Waals surface area contributed by atoms with E-state index in [-0.39, 0.29) is 11.5 Å². The number of anilines is 1. The number of ether oxygens (including phenoxy) is 2. The molecule has 0 bridgehead atoms. The molecule has 1 aliphatic heterocycles. The van der Waals surface area contributed by atoms with E-state index >= 15 is 0 Å². The SMILES string of the molecule is CCc1ccc(OCC(=O)Nc2cc(S(=O)(=O)N3CCCCCC3)ccc2OC)cc1. The third-order valence-electron chi connectivity index (χ3n) is 5.35. The van der Waals surface area contributed by atoms with Crippen LogP contribution in [0.3, 0.4) is 0 Å². The van der Waals surface area contributed by atoms with Gasteiger partial charge in [0.25, 0.3) is 5.91 Å². The maximum absolute atomic E-state index is 13.1. The van der Waals surface area contributed by atoms with Gasteiger partial charge in [-0.05, 0) is 55.2 Å². The molecule has 0 aromatic heterocycles. The number of rotatable bonds is 8. The van der Waals surface area contributed by atoms with E-state index in [4.69, 9.17) is 9.47 Å². The largest absolute Gasteiger partial charge is 0.495 e. The lowest BCUT2D eigenvalue weighted by atomic mass is 10.2. The summed E-state index contributed by atoms with van der Waals surface area (Å²) in [4.78, 5) is 12.6. The summed E-state index contributed by atoms with van der Waals surface area (Å²) in [7, 11) is -2.16. The van der Waals surface area contributed by atoms with Gasteiger partial charge in [-0.15, -0.1) is 0 Å². The normalized spacial score (nSPS) is 15.2. The van der Waals surface area contributed by atoms with Crippen LogP contribution in [0.4, 0.5) is 5.69 Å². The van der Waals surface area contributed by atoms with E-state index in [0.29, 0.717) is 30.3 Å². The lowest BCUT2D eigenvalue weighted by molar-refractivity contribution is -0.118. The Hall–Kier alpha value is -2.58. The highest BCUT2D eigenvalue weighted by Gasteiger charge is 2.26. The Kier molecular flexibility index (Phi) is 7.92. The Morgan fingerprint density at radius 2 is 1.71 bits per heavy atom. The molecule has 1 heterocycles. The standard InChI is InChI=1S/C23H30N2O5S/c1-3-18-8-10-19(11-9-18)30-17-23(26)24-21-16-20(12-13-22(21)29-2)31(27,28)25-14-6-4-5-7-15-25/h8-13,16H,3-7,14-15,17H2,1-2H3,(H,24,26). The Labute approximate surface area is 184 Å². The zero-order valence-corrected chi connectivity index (χ0v) is 18.9. The van der Waals surface area contributed by atoms with Gasteiger partial charge in [0.1, 0.15) is 11.5 Å². The van der Waals surface area contributed by atoms with E-state index < -0.39 is 15.9 Å². The second-order valence-corrected chi connectivity index (χ2v) is 9.45. The van der Waals surface area contributed by atoms with Gasteiger partial charge >= 0.3 is 0 Å². The molecule has 0 aliphatic carbocycles. The summed E-state index contributed by atoms with van der Waals surface area (Å²) in [6, 6.07) is 12.1. The quantitative estimate of drug-likeness (QED) is 0.666. The van der Waals surface area contributed by atoms with Crippen molar-refractivity contribution in [3.8, 4) is 11.5 Å². The van der Waals surface area contributed by atoms with E-state index in [1.807, 2.05) is 24.3 Å². The Balaban J connectivity index is 1.71. The Morgan fingerprint density at radius 3 is 2.32 bits per heavy atom. The number of amides is 1. The van der Waals surface area contributed by atoms with Crippen molar-refractivity contribution >= 4 is 21.6 Å². The van der Waals surface area contributed by atoms with Gasteiger partial charge in [-0.3, -0.25) is 4.79 Å². The summed E-state index contributed by atoms with van der Waals surface area (Å²) >= 11 is 0. The summed E-state index contributed by atoms with van der Waals surface area (Å²) in [5, 5.41) is 2.71. The van der Waals surface area contributed by atoms with E-state index in [2.05, 4.69) is 12.2 Å². The maximum atomic E-state index is 13.1. The molecule has 168 valence electrons. The molecule has 0 saturated carbocycles. The number of methoxy groups -OCH3 is 1. The first-order valence-electron chi connectivity index (χ1n) is 10.6. The second kappa shape index (κ2) is 10.6. The summed E-state index contributed by atoms with van der Waals surface area (Å²) in [5.74, 6) is 0.578. The number of hydrogen-bond donors (Lipinski definition) is 1. The molecule has 0 unspecified atom stereocenters. The summed E-state index contributed by atoms with van der Waals surface area (Å²) in [6.07, 6.45) is 4.72. The fourth-order valence-corrected chi connectivity index (χ4v) is 5.08. The number of aryl methyl sites for hydroxylation is 1. The van der Waals surface area contributed by atoms with Gasteiger partial charge in [-0.25, -0.2) is 8.42 Å². The van der Waals surface area contributed by atoms with Gasteiger partial charge in [0, 0.05) is 13.1 Å². The van der Waals surface area contributed by atoms with E-state index in [9.17, 15) is 13.2 Å². The highest BCUT2D eigenvalue weighted by Crippen LogP contribution is 2.30. The molecule has 31 heavy (non-hydrogen) atoms. The molecule has 2 aromatic carbocycles. The zero-order chi connectivity index (χ0) is 22.3. The van der Waals surface area contributed by atoms with Crippen molar-refractivity contribution in [2.24, 2.45) is 0 Å². The van der Waals surface area contributed by atoms with Crippen LogP contribution in [0.25, 0.3) is 0 Å². The van der Waals surface area contributed by atoms with E-state index in [1.165, 1.54) is 29.1 Å². The zero-order valence-electron chi connectivity index (χ0n) is 18.1.